The topological polar surface area (TPSA) is 84.4 Å². The number of benzene rings is 1. The number of hydrogen-bond acceptors (Lipinski definition) is 7. The molecule has 1 N–H and O–H groups in total. The molecule has 1 saturated heterocycles. The van der Waals surface area contributed by atoms with Crippen LogP contribution < -0.4 is 15.0 Å². The Morgan fingerprint density at radius 3 is 2.65 bits per heavy atom. The highest BCUT2D eigenvalue weighted by molar-refractivity contribution is 7.91. The lowest BCUT2D eigenvalue weighted by Gasteiger charge is -2.25. The van der Waals surface area contributed by atoms with Gasteiger partial charge in [0, 0.05) is 19.2 Å². The maximum atomic E-state index is 11.8. The zero-order valence-corrected chi connectivity index (χ0v) is 16.3. The lowest BCUT2D eigenvalue weighted by atomic mass is 10.2. The number of methoxy groups -OCH3 is 1. The van der Waals surface area contributed by atoms with Gasteiger partial charge in [-0.1, -0.05) is 6.07 Å². The number of anilines is 3. The molecule has 0 amide bonds. The first-order valence-electron chi connectivity index (χ1n) is 8.48. The molecular weight excluding hydrogens is 352 g/mol. The number of aromatic nitrogens is 2. The molecule has 8 heteroatoms. The number of aryl methyl sites for hydroxylation is 2. The molecule has 1 aromatic carbocycles. The highest BCUT2D eigenvalue weighted by Crippen LogP contribution is 2.29. The van der Waals surface area contributed by atoms with Crippen LogP contribution in [0.15, 0.2) is 24.3 Å². The van der Waals surface area contributed by atoms with Gasteiger partial charge in [0.25, 0.3) is 0 Å². The van der Waals surface area contributed by atoms with Crippen molar-refractivity contribution in [1.29, 1.82) is 0 Å². The largest absolute Gasteiger partial charge is 0.495 e. The number of sulfone groups is 1. The SMILES string of the molecule is COc1ccc(C)cc1Nc1cc(N(C)C2CCS(=O)(=O)C2)nc(C)n1. The average molecular weight is 376 g/mol. The molecule has 0 bridgehead atoms. The Balaban J connectivity index is 1.88. The van der Waals surface area contributed by atoms with Gasteiger partial charge < -0.3 is 15.0 Å². The van der Waals surface area contributed by atoms with E-state index < -0.39 is 9.84 Å². The average Bonchev–Trinajstić information content (AvgIpc) is 2.94. The molecular formula is C18H24N4O3S. The lowest BCUT2D eigenvalue weighted by Crippen LogP contribution is -2.33. The molecule has 140 valence electrons. The summed E-state index contributed by atoms with van der Waals surface area (Å²) in [6.45, 7) is 3.83. The number of hydrogen-bond donors (Lipinski definition) is 1. The highest BCUT2D eigenvalue weighted by Gasteiger charge is 2.31. The monoisotopic (exact) mass is 376 g/mol. The Morgan fingerprint density at radius 1 is 1.23 bits per heavy atom. The number of nitrogens with one attached hydrogen (secondary N) is 1. The van der Waals surface area contributed by atoms with E-state index in [1.165, 1.54) is 0 Å². The second-order valence-corrected chi connectivity index (χ2v) is 8.88. The van der Waals surface area contributed by atoms with Crippen LogP contribution in [0.3, 0.4) is 0 Å². The van der Waals surface area contributed by atoms with Gasteiger partial charge in [0.1, 0.15) is 23.2 Å². The van der Waals surface area contributed by atoms with Crippen molar-refractivity contribution in [3.63, 3.8) is 0 Å². The standard InChI is InChI=1S/C18H24N4O3S/c1-12-5-6-16(25-4)15(9-12)21-17-10-18(20-13(2)19-17)22(3)14-7-8-26(23,24)11-14/h5-6,9-10,14H,7-8,11H2,1-4H3,(H,19,20,21). The second kappa shape index (κ2) is 7.11. The van der Waals surface area contributed by atoms with Gasteiger partial charge in [0.15, 0.2) is 9.84 Å². The van der Waals surface area contributed by atoms with E-state index in [-0.39, 0.29) is 17.5 Å². The van der Waals surface area contributed by atoms with E-state index >= 15 is 0 Å². The summed E-state index contributed by atoms with van der Waals surface area (Å²) in [4.78, 5) is 10.9. The number of rotatable bonds is 5. The molecule has 1 aliphatic rings. The third-order valence-corrected chi connectivity index (χ3v) is 6.31. The Bertz CT molecular complexity index is 915. The molecule has 0 aliphatic carbocycles. The lowest BCUT2D eigenvalue weighted by molar-refractivity contribution is 0.416. The van der Waals surface area contributed by atoms with E-state index in [2.05, 4.69) is 15.3 Å². The molecule has 7 nitrogen and oxygen atoms in total. The van der Waals surface area contributed by atoms with Crippen LogP contribution >= 0.6 is 0 Å². The van der Waals surface area contributed by atoms with Crippen LogP contribution in [0, 0.1) is 13.8 Å². The van der Waals surface area contributed by atoms with Crippen molar-refractivity contribution in [2.45, 2.75) is 26.3 Å². The van der Waals surface area contributed by atoms with Gasteiger partial charge in [-0.05, 0) is 38.0 Å². The van der Waals surface area contributed by atoms with Crippen LogP contribution in [0.25, 0.3) is 0 Å². The quantitative estimate of drug-likeness (QED) is 0.858. The van der Waals surface area contributed by atoms with Crippen LogP contribution in [-0.2, 0) is 9.84 Å². The molecule has 0 spiro atoms. The fraction of sp³-hybridized carbons (Fsp3) is 0.444. The van der Waals surface area contributed by atoms with Gasteiger partial charge in [-0.2, -0.15) is 0 Å². The minimum Gasteiger partial charge on any atom is -0.495 e. The Morgan fingerprint density at radius 2 is 2.00 bits per heavy atom. The van der Waals surface area contributed by atoms with Crippen LogP contribution in [-0.4, -0.2) is 50.1 Å². The normalized spacial score (nSPS) is 18.5. The second-order valence-electron chi connectivity index (χ2n) is 6.66. The van der Waals surface area contributed by atoms with Gasteiger partial charge >= 0.3 is 0 Å². The van der Waals surface area contributed by atoms with E-state index in [9.17, 15) is 8.42 Å². The smallest absolute Gasteiger partial charge is 0.152 e. The molecule has 0 saturated carbocycles. The van der Waals surface area contributed by atoms with Crippen molar-refractivity contribution in [1.82, 2.24) is 9.97 Å². The van der Waals surface area contributed by atoms with Gasteiger partial charge in [-0.25, -0.2) is 18.4 Å². The predicted molar refractivity (Wildman–Crippen MR) is 103 cm³/mol. The zero-order valence-electron chi connectivity index (χ0n) is 15.5. The first-order valence-corrected chi connectivity index (χ1v) is 10.3. The summed E-state index contributed by atoms with van der Waals surface area (Å²) < 4.78 is 28.9. The summed E-state index contributed by atoms with van der Waals surface area (Å²) in [5.41, 5.74) is 1.93. The Kier molecular flexibility index (Phi) is 5.04. The number of ether oxygens (including phenoxy) is 1. The zero-order chi connectivity index (χ0) is 18.9. The van der Waals surface area contributed by atoms with Crippen molar-refractivity contribution < 1.29 is 13.2 Å². The maximum absolute atomic E-state index is 11.8. The number of nitrogens with zero attached hydrogens (tertiary/aromatic N) is 3. The summed E-state index contributed by atoms with van der Waals surface area (Å²) in [7, 11) is 0.557. The molecule has 1 atom stereocenters. The molecule has 1 unspecified atom stereocenters. The summed E-state index contributed by atoms with van der Waals surface area (Å²) in [5.74, 6) is 3.09. The van der Waals surface area contributed by atoms with Crippen LogP contribution in [0.4, 0.5) is 17.3 Å². The Hall–Kier alpha value is -2.35. The molecule has 3 rings (SSSR count). The first-order chi connectivity index (χ1) is 12.3. The predicted octanol–water partition coefficient (Wildman–Crippen LogP) is 2.47. The minimum absolute atomic E-state index is 0.0596. The molecule has 2 heterocycles. The third-order valence-electron chi connectivity index (χ3n) is 4.56. The summed E-state index contributed by atoms with van der Waals surface area (Å²) in [5, 5.41) is 3.29. The van der Waals surface area contributed by atoms with Gasteiger partial charge in [-0.15, -0.1) is 0 Å². The molecule has 2 aromatic rings. The molecule has 1 aromatic heterocycles. The van der Waals surface area contributed by atoms with E-state index in [4.69, 9.17) is 4.74 Å². The van der Waals surface area contributed by atoms with Crippen molar-refractivity contribution >= 4 is 27.2 Å². The van der Waals surface area contributed by atoms with Crippen LogP contribution in [0.1, 0.15) is 17.8 Å². The van der Waals surface area contributed by atoms with Crippen molar-refractivity contribution in [2.24, 2.45) is 0 Å². The third kappa shape index (κ3) is 4.07. The fourth-order valence-electron chi connectivity index (χ4n) is 3.12. The summed E-state index contributed by atoms with van der Waals surface area (Å²) in [6, 6.07) is 7.65. The Labute approximate surface area is 154 Å². The molecule has 1 aliphatic heterocycles. The summed E-state index contributed by atoms with van der Waals surface area (Å²) >= 11 is 0. The first kappa shape index (κ1) is 18.4. The summed E-state index contributed by atoms with van der Waals surface area (Å²) in [6.07, 6.45) is 0.621. The van der Waals surface area contributed by atoms with E-state index in [1.807, 2.05) is 50.1 Å². The van der Waals surface area contributed by atoms with Crippen molar-refractivity contribution in [3.8, 4) is 5.75 Å². The van der Waals surface area contributed by atoms with E-state index in [1.54, 1.807) is 7.11 Å². The van der Waals surface area contributed by atoms with Gasteiger partial charge in [-0.3, -0.25) is 0 Å². The van der Waals surface area contributed by atoms with Crippen molar-refractivity contribution in [2.75, 3.05) is 35.9 Å². The molecule has 0 radical (unpaired) electrons. The highest BCUT2D eigenvalue weighted by atomic mass is 32.2. The van der Waals surface area contributed by atoms with Crippen LogP contribution in [0.2, 0.25) is 0 Å². The van der Waals surface area contributed by atoms with E-state index in [0.717, 1.165) is 17.0 Å². The maximum Gasteiger partial charge on any atom is 0.152 e. The minimum atomic E-state index is -2.95. The molecule has 26 heavy (non-hydrogen) atoms. The van der Waals surface area contributed by atoms with Crippen molar-refractivity contribution in [3.05, 3.63) is 35.7 Å². The fourth-order valence-corrected chi connectivity index (χ4v) is 4.90. The van der Waals surface area contributed by atoms with E-state index in [0.29, 0.717) is 23.9 Å². The van der Waals surface area contributed by atoms with Gasteiger partial charge in [0.05, 0.1) is 24.3 Å². The van der Waals surface area contributed by atoms with Crippen LogP contribution in [0.5, 0.6) is 5.75 Å². The van der Waals surface area contributed by atoms with Gasteiger partial charge in [0.2, 0.25) is 0 Å². The molecule has 1 fully saturated rings.